The first-order chi connectivity index (χ1) is 7.86. The Hall–Kier alpha value is -1.88. The van der Waals surface area contributed by atoms with Crippen LogP contribution in [-0.2, 0) is 0 Å². The van der Waals surface area contributed by atoms with Crippen molar-refractivity contribution in [1.82, 2.24) is 20.7 Å². The van der Waals surface area contributed by atoms with Crippen LogP contribution in [0.3, 0.4) is 0 Å². The van der Waals surface area contributed by atoms with E-state index >= 15 is 0 Å². The molecule has 1 aromatic heterocycles. The van der Waals surface area contributed by atoms with Crippen molar-refractivity contribution in [3.05, 3.63) is 41.7 Å². The second-order valence-electron chi connectivity index (χ2n) is 3.36. The predicted octanol–water partition coefficient (Wildman–Crippen LogP) is 1.12. The number of methoxy groups -OCH3 is 1. The molecule has 84 valence electrons. The lowest BCUT2D eigenvalue weighted by molar-refractivity contribution is 0.405. The van der Waals surface area contributed by atoms with E-state index in [2.05, 4.69) is 20.7 Å². The van der Waals surface area contributed by atoms with Gasteiger partial charge in [0.25, 0.3) is 0 Å². The molecule has 1 unspecified atom stereocenters. The van der Waals surface area contributed by atoms with E-state index in [0.717, 1.165) is 17.0 Å². The Morgan fingerprint density at radius 1 is 1.38 bits per heavy atom. The van der Waals surface area contributed by atoms with Gasteiger partial charge in [-0.25, -0.2) is 0 Å². The van der Waals surface area contributed by atoms with Crippen LogP contribution in [0.5, 0.6) is 5.75 Å². The van der Waals surface area contributed by atoms with Crippen molar-refractivity contribution in [3.8, 4) is 5.75 Å². The van der Waals surface area contributed by atoms with Gasteiger partial charge in [0.15, 0.2) is 0 Å². The second-order valence-corrected chi connectivity index (χ2v) is 3.36. The maximum absolute atomic E-state index is 5.33. The van der Waals surface area contributed by atoms with Crippen LogP contribution in [0.25, 0.3) is 0 Å². The zero-order valence-electron chi connectivity index (χ0n) is 9.27. The molecule has 5 heteroatoms. The van der Waals surface area contributed by atoms with Crippen LogP contribution >= 0.6 is 0 Å². The fraction of sp³-hybridized carbons (Fsp3) is 0.273. The smallest absolute Gasteiger partial charge is 0.124 e. The van der Waals surface area contributed by atoms with Gasteiger partial charge in [-0.2, -0.15) is 15.4 Å². The Morgan fingerprint density at radius 3 is 2.81 bits per heavy atom. The van der Waals surface area contributed by atoms with Gasteiger partial charge in [-0.05, 0) is 13.1 Å². The first-order valence-corrected chi connectivity index (χ1v) is 5.02. The SMILES string of the molecule is CNC(c1cn[nH]n1)c1ccccc1OC. The molecule has 0 aliphatic carbocycles. The monoisotopic (exact) mass is 218 g/mol. The lowest BCUT2D eigenvalue weighted by Gasteiger charge is -2.16. The number of aromatic nitrogens is 3. The number of benzene rings is 1. The third-order valence-corrected chi connectivity index (χ3v) is 2.47. The summed E-state index contributed by atoms with van der Waals surface area (Å²) >= 11 is 0. The van der Waals surface area contributed by atoms with Crippen LogP contribution < -0.4 is 10.1 Å². The molecule has 0 saturated carbocycles. The number of nitrogens with zero attached hydrogens (tertiary/aromatic N) is 2. The van der Waals surface area contributed by atoms with E-state index in [0.29, 0.717) is 0 Å². The van der Waals surface area contributed by atoms with Gasteiger partial charge in [0, 0.05) is 5.56 Å². The number of para-hydroxylation sites is 1. The number of nitrogens with one attached hydrogen (secondary N) is 2. The Balaban J connectivity index is 2.41. The highest BCUT2D eigenvalue weighted by Crippen LogP contribution is 2.27. The highest BCUT2D eigenvalue weighted by Gasteiger charge is 2.17. The van der Waals surface area contributed by atoms with Crippen molar-refractivity contribution in [2.24, 2.45) is 0 Å². The molecule has 2 N–H and O–H groups in total. The summed E-state index contributed by atoms with van der Waals surface area (Å²) in [5.41, 5.74) is 1.88. The first-order valence-electron chi connectivity index (χ1n) is 5.02. The van der Waals surface area contributed by atoms with E-state index in [1.54, 1.807) is 13.3 Å². The fourth-order valence-corrected chi connectivity index (χ4v) is 1.72. The van der Waals surface area contributed by atoms with Gasteiger partial charge < -0.3 is 10.1 Å². The molecule has 0 saturated heterocycles. The third kappa shape index (κ3) is 1.90. The largest absolute Gasteiger partial charge is 0.496 e. The van der Waals surface area contributed by atoms with Gasteiger partial charge in [-0.1, -0.05) is 18.2 Å². The van der Waals surface area contributed by atoms with Crippen LogP contribution in [0, 0.1) is 0 Å². The minimum atomic E-state index is -0.0186. The maximum atomic E-state index is 5.33. The first kappa shape index (κ1) is 10.6. The molecule has 0 spiro atoms. The number of hydrogen-bond donors (Lipinski definition) is 2. The summed E-state index contributed by atoms with van der Waals surface area (Å²) in [5.74, 6) is 0.838. The van der Waals surface area contributed by atoms with E-state index in [1.165, 1.54) is 0 Å². The minimum absolute atomic E-state index is 0.0186. The number of hydrogen-bond acceptors (Lipinski definition) is 4. The van der Waals surface area contributed by atoms with E-state index < -0.39 is 0 Å². The molecule has 1 heterocycles. The molecule has 2 aromatic rings. The van der Waals surface area contributed by atoms with Crippen LogP contribution in [0.1, 0.15) is 17.3 Å². The maximum Gasteiger partial charge on any atom is 0.124 e. The lowest BCUT2D eigenvalue weighted by Crippen LogP contribution is -2.18. The molecule has 0 bridgehead atoms. The van der Waals surface area contributed by atoms with Crippen molar-refractivity contribution in [3.63, 3.8) is 0 Å². The topological polar surface area (TPSA) is 62.8 Å². The molecule has 0 aliphatic heterocycles. The van der Waals surface area contributed by atoms with Crippen molar-refractivity contribution >= 4 is 0 Å². The molecule has 0 radical (unpaired) electrons. The Morgan fingerprint density at radius 2 is 2.19 bits per heavy atom. The van der Waals surface area contributed by atoms with Gasteiger partial charge in [-0.3, -0.25) is 0 Å². The molecule has 5 nitrogen and oxygen atoms in total. The molecule has 2 rings (SSSR count). The van der Waals surface area contributed by atoms with Crippen molar-refractivity contribution in [2.45, 2.75) is 6.04 Å². The Bertz CT molecular complexity index is 441. The van der Waals surface area contributed by atoms with Crippen molar-refractivity contribution < 1.29 is 4.74 Å². The summed E-state index contributed by atoms with van der Waals surface area (Å²) in [6, 6.07) is 7.84. The van der Waals surface area contributed by atoms with Crippen LogP contribution in [-0.4, -0.2) is 29.6 Å². The van der Waals surface area contributed by atoms with E-state index in [4.69, 9.17) is 4.74 Å². The average Bonchev–Trinajstić information content (AvgIpc) is 2.84. The number of ether oxygens (including phenoxy) is 1. The summed E-state index contributed by atoms with van der Waals surface area (Å²) < 4.78 is 5.33. The molecular weight excluding hydrogens is 204 g/mol. The molecule has 0 fully saturated rings. The van der Waals surface area contributed by atoms with E-state index in [9.17, 15) is 0 Å². The predicted molar refractivity (Wildman–Crippen MR) is 60.3 cm³/mol. The van der Waals surface area contributed by atoms with Gasteiger partial charge in [0.2, 0.25) is 0 Å². The average molecular weight is 218 g/mol. The Kier molecular flexibility index (Phi) is 3.16. The summed E-state index contributed by atoms with van der Waals surface area (Å²) in [6.07, 6.45) is 1.70. The van der Waals surface area contributed by atoms with Crippen molar-refractivity contribution in [1.29, 1.82) is 0 Å². The molecule has 1 aromatic carbocycles. The zero-order valence-corrected chi connectivity index (χ0v) is 9.27. The highest BCUT2D eigenvalue weighted by molar-refractivity contribution is 5.39. The van der Waals surface area contributed by atoms with E-state index in [-0.39, 0.29) is 6.04 Å². The van der Waals surface area contributed by atoms with Crippen LogP contribution in [0.2, 0.25) is 0 Å². The standard InChI is InChI=1S/C11H14N4O/c1-12-11(9-7-13-15-14-9)8-5-3-4-6-10(8)16-2/h3-7,11-12H,1-2H3,(H,13,14,15). The molecule has 0 amide bonds. The highest BCUT2D eigenvalue weighted by atomic mass is 16.5. The number of aromatic amines is 1. The molecule has 1 atom stereocenters. The van der Waals surface area contributed by atoms with Gasteiger partial charge in [0.05, 0.1) is 19.3 Å². The minimum Gasteiger partial charge on any atom is -0.496 e. The normalized spacial score (nSPS) is 12.4. The number of rotatable bonds is 4. The van der Waals surface area contributed by atoms with E-state index in [1.807, 2.05) is 31.3 Å². The summed E-state index contributed by atoms with van der Waals surface area (Å²) in [4.78, 5) is 0. The molecular formula is C11H14N4O. The quantitative estimate of drug-likeness (QED) is 0.807. The van der Waals surface area contributed by atoms with Gasteiger partial charge in [-0.15, -0.1) is 0 Å². The number of H-pyrrole nitrogens is 1. The second kappa shape index (κ2) is 4.76. The third-order valence-electron chi connectivity index (χ3n) is 2.47. The fourth-order valence-electron chi connectivity index (χ4n) is 1.72. The lowest BCUT2D eigenvalue weighted by atomic mass is 10.0. The van der Waals surface area contributed by atoms with Gasteiger partial charge >= 0.3 is 0 Å². The summed E-state index contributed by atoms with van der Waals surface area (Å²) in [5, 5.41) is 13.7. The molecule has 0 aliphatic rings. The Labute approximate surface area is 93.8 Å². The zero-order chi connectivity index (χ0) is 11.4. The van der Waals surface area contributed by atoms with Crippen LogP contribution in [0.15, 0.2) is 30.5 Å². The van der Waals surface area contributed by atoms with Crippen LogP contribution in [0.4, 0.5) is 0 Å². The van der Waals surface area contributed by atoms with Crippen molar-refractivity contribution in [2.75, 3.05) is 14.2 Å². The summed E-state index contributed by atoms with van der Waals surface area (Å²) in [6.45, 7) is 0. The van der Waals surface area contributed by atoms with Gasteiger partial charge in [0.1, 0.15) is 11.4 Å². The summed E-state index contributed by atoms with van der Waals surface area (Å²) in [7, 11) is 3.54. The molecule has 16 heavy (non-hydrogen) atoms.